The van der Waals surface area contributed by atoms with Crippen LogP contribution >= 0.6 is 34.5 Å². The van der Waals surface area contributed by atoms with Crippen LogP contribution < -0.4 is 4.90 Å². The molecule has 1 aliphatic heterocycles. The number of aliphatic hydroxyl groups excluding tert-OH is 1. The zero-order valence-electron chi connectivity index (χ0n) is 14.2. The zero-order chi connectivity index (χ0) is 19.8. The Morgan fingerprint density at radius 2 is 1.61 bits per heavy atom. The molecule has 1 aliphatic rings. The lowest BCUT2D eigenvalue weighted by atomic mass is 9.95. The Kier molecular flexibility index (Phi) is 4.93. The Hall–Kier alpha value is -2.67. The smallest absolute Gasteiger partial charge is 0.301 e. The molecule has 28 heavy (non-hydrogen) atoms. The predicted octanol–water partition coefficient (Wildman–Crippen LogP) is 5.08. The van der Waals surface area contributed by atoms with Crippen molar-refractivity contribution >= 4 is 57.1 Å². The number of halogens is 2. The van der Waals surface area contributed by atoms with E-state index in [-0.39, 0.29) is 11.3 Å². The summed E-state index contributed by atoms with van der Waals surface area (Å²) in [6.45, 7) is 0. The van der Waals surface area contributed by atoms with Crippen LogP contribution in [-0.2, 0) is 9.59 Å². The molecule has 1 unspecified atom stereocenters. The van der Waals surface area contributed by atoms with Gasteiger partial charge in [0.25, 0.3) is 5.78 Å². The summed E-state index contributed by atoms with van der Waals surface area (Å²) in [7, 11) is 0. The van der Waals surface area contributed by atoms with E-state index in [0.717, 1.165) is 0 Å². The number of rotatable bonds is 3. The van der Waals surface area contributed by atoms with Crippen molar-refractivity contribution in [1.29, 1.82) is 0 Å². The molecule has 1 N–H and O–H groups in total. The standard InChI is InChI=1S/C20H12Cl2N2O3S/c21-13-5-1-11(2-6-13)16-15(17(25)12-3-7-14(22)8-4-12)18(26)19(27)24(16)20-23-9-10-28-20/h1-10,16,25H/b17-15+. The highest BCUT2D eigenvalue weighted by Crippen LogP contribution is 2.42. The molecule has 0 radical (unpaired) electrons. The number of thiazole rings is 1. The Labute approximate surface area is 174 Å². The van der Waals surface area contributed by atoms with Crippen LogP contribution in [0.25, 0.3) is 5.76 Å². The van der Waals surface area contributed by atoms with Crippen molar-refractivity contribution in [2.75, 3.05) is 4.90 Å². The Morgan fingerprint density at radius 1 is 1.00 bits per heavy atom. The first-order chi connectivity index (χ1) is 13.5. The van der Waals surface area contributed by atoms with E-state index >= 15 is 0 Å². The molecule has 0 spiro atoms. The molecular formula is C20H12Cl2N2O3S. The molecule has 4 rings (SSSR count). The van der Waals surface area contributed by atoms with E-state index in [1.54, 1.807) is 60.1 Å². The lowest BCUT2D eigenvalue weighted by molar-refractivity contribution is -0.132. The van der Waals surface area contributed by atoms with Crippen molar-refractivity contribution in [3.05, 3.63) is 86.9 Å². The molecule has 1 fully saturated rings. The fourth-order valence-corrected chi connectivity index (χ4v) is 4.01. The molecule has 2 heterocycles. The van der Waals surface area contributed by atoms with Crippen molar-refractivity contribution < 1.29 is 14.7 Å². The van der Waals surface area contributed by atoms with Gasteiger partial charge >= 0.3 is 5.91 Å². The summed E-state index contributed by atoms with van der Waals surface area (Å²) in [5.41, 5.74) is 1.01. The average Bonchev–Trinajstić information content (AvgIpc) is 3.30. The van der Waals surface area contributed by atoms with E-state index in [0.29, 0.717) is 26.3 Å². The Bertz CT molecular complexity index is 1080. The first kappa shape index (κ1) is 18.7. The van der Waals surface area contributed by atoms with Crippen LogP contribution in [-0.4, -0.2) is 21.8 Å². The van der Waals surface area contributed by atoms with Crippen LogP contribution in [0.1, 0.15) is 17.2 Å². The number of carbonyl (C=O) groups is 2. The lowest BCUT2D eigenvalue weighted by Gasteiger charge is -2.23. The minimum atomic E-state index is -0.820. The summed E-state index contributed by atoms with van der Waals surface area (Å²) in [5.74, 6) is -1.79. The van der Waals surface area contributed by atoms with Gasteiger partial charge in [-0.1, -0.05) is 35.3 Å². The monoisotopic (exact) mass is 430 g/mol. The number of nitrogens with zero attached hydrogens (tertiary/aromatic N) is 2. The highest BCUT2D eigenvalue weighted by molar-refractivity contribution is 7.14. The maximum Gasteiger partial charge on any atom is 0.301 e. The largest absolute Gasteiger partial charge is 0.507 e. The summed E-state index contributed by atoms with van der Waals surface area (Å²) < 4.78 is 0. The molecule has 0 bridgehead atoms. The Morgan fingerprint density at radius 3 is 2.18 bits per heavy atom. The molecule has 140 valence electrons. The second kappa shape index (κ2) is 7.39. The molecule has 1 amide bonds. The normalized spacial score (nSPS) is 18.6. The van der Waals surface area contributed by atoms with Crippen LogP contribution in [0.3, 0.4) is 0 Å². The van der Waals surface area contributed by atoms with Crippen LogP contribution in [0.4, 0.5) is 5.13 Å². The van der Waals surface area contributed by atoms with Crippen molar-refractivity contribution in [2.45, 2.75) is 6.04 Å². The first-order valence-electron chi connectivity index (χ1n) is 8.19. The van der Waals surface area contributed by atoms with Gasteiger partial charge in [0.15, 0.2) is 5.13 Å². The maximum absolute atomic E-state index is 12.9. The van der Waals surface area contributed by atoms with Gasteiger partial charge < -0.3 is 5.11 Å². The van der Waals surface area contributed by atoms with E-state index in [1.165, 1.54) is 16.2 Å². The van der Waals surface area contributed by atoms with Crippen molar-refractivity contribution in [2.24, 2.45) is 0 Å². The lowest BCUT2D eigenvalue weighted by Crippen LogP contribution is -2.29. The van der Waals surface area contributed by atoms with Gasteiger partial charge in [-0.2, -0.15) is 0 Å². The van der Waals surface area contributed by atoms with E-state index in [9.17, 15) is 14.7 Å². The van der Waals surface area contributed by atoms with Gasteiger partial charge in [0.2, 0.25) is 0 Å². The number of aromatic nitrogens is 1. The van der Waals surface area contributed by atoms with Crippen molar-refractivity contribution in [1.82, 2.24) is 4.98 Å². The zero-order valence-corrected chi connectivity index (χ0v) is 16.5. The molecule has 1 saturated heterocycles. The number of amides is 1. The summed E-state index contributed by atoms with van der Waals surface area (Å²) in [5, 5.41) is 14.0. The quantitative estimate of drug-likeness (QED) is 0.357. The van der Waals surface area contributed by atoms with Gasteiger partial charge in [0.05, 0.1) is 11.6 Å². The molecule has 2 aromatic carbocycles. The number of benzene rings is 2. The highest BCUT2D eigenvalue weighted by Gasteiger charge is 2.47. The predicted molar refractivity (Wildman–Crippen MR) is 110 cm³/mol. The SMILES string of the molecule is O=C1C(=O)N(c2nccs2)C(c2ccc(Cl)cc2)/C1=C(\O)c1ccc(Cl)cc1. The number of ketones is 1. The number of anilines is 1. The van der Waals surface area contributed by atoms with Crippen LogP contribution in [0.5, 0.6) is 0 Å². The molecule has 0 aliphatic carbocycles. The third-order valence-electron chi connectivity index (χ3n) is 4.37. The second-order valence-corrected chi connectivity index (χ2v) is 7.79. The van der Waals surface area contributed by atoms with E-state index in [2.05, 4.69) is 4.98 Å². The molecule has 3 aromatic rings. The number of Topliss-reactive ketones (excluding diaryl/α,β-unsaturated/α-hetero) is 1. The van der Waals surface area contributed by atoms with Crippen molar-refractivity contribution in [3.63, 3.8) is 0 Å². The van der Waals surface area contributed by atoms with Gasteiger partial charge in [-0.05, 0) is 42.0 Å². The molecule has 1 aromatic heterocycles. The van der Waals surface area contributed by atoms with Gasteiger partial charge in [-0.3, -0.25) is 14.5 Å². The van der Waals surface area contributed by atoms with Crippen LogP contribution in [0.2, 0.25) is 10.0 Å². The van der Waals surface area contributed by atoms with Gasteiger partial charge in [-0.15, -0.1) is 11.3 Å². The number of hydrogen-bond acceptors (Lipinski definition) is 5. The second-order valence-electron chi connectivity index (χ2n) is 6.04. The molecule has 1 atom stereocenters. The number of carbonyl (C=O) groups excluding carboxylic acids is 2. The highest BCUT2D eigenvalue weighted by atomic mass is 35.5. The maximum atomic E-state index is 12.9. The fraction of sp³-hybridized carbons (Fsp3) is 0.0500. The van der Waals surface area contributed by atoms with Gasteiger partial charge in [0, 0.05) is 27.2 Å². The third kappa shape index (κ3) is 3.20. The summed E-state index contributed by atoms with van der Waals surface area (Å²) in [4.78, 5) is 31.1. The topological polar surface area (TPSA) is 70.5 Å². The Balaban J connectivity index is 1.93. The number of aliphatic hydroxyl groups is 1. The van der Waals surface area contributed by atoms with Gasteiger partial charge in [-0.25, -0.2) is 4.98 Å². The van der Waals surface area contributed by atoms with Crippen LogP contribution in [0, 0.1) is 0 Å². The average molecular weight is 431 g/mol. The summed E-state index contributed by atoms with van der Waals surface area (Å²) in [6, 6.07) is 12.3. The first-order valence-corrected chi connectivity index (χ1v) is 9.83. The minimum absolute atomic E-state index is 0.00940. The molecular weight excluding hydrogens is 419 g/mol. The van der Waals surface area contributed by atoms with Crippen molar-refractivity contribution in [3.8, 4) is 0 Å². The summed E-state index contributed by atoms with van der Waals surface area (Å²) in [6.07, 6.45) is 1.55. The fourth-order valence-electron chi connectivity index (χ4n) is 3.09. The molecule has 8 heteroatoms. The third-order valence-corrected chi connectivity index (χ3v) is 5.65. The van der Waals surface area contributed by atoms with Crippen LogP contribution in [0.15, 0.2) is 65.7 Å². The summed E-state index contributed by atoms with van der Waals surface area (Å²) >= 11 is 13.1. The van der Waals surface area contributed by atoms with E-state index < -0.39 is 17.7 Å². The minimum Gasteiger partial charge on any atom is -0.507 e. The van der Waals surface area contributed by atoms with E-state index in [1.807, 2.05) is 0 Å². The molecule has 5 nitrogen and oxygen atoms in total. The molecule has 0 saturated carbocycles. The van der Waals surface area contributed by atoms with E-state index in [4.69, 9.17) is 23.2 Å². The number of hydrogen-bond donors (Lipinski definition) is 1. The van der Waals surface area contributed by atoms with Gasteiger partial charge in [0.1, 0.15) is 5.76 Å².